The van der Waals surface area contributed by atoms with E-state index in [2.05, 4.69) is 27.2 Å². The second-order valence-corrected chi connectivity index (χ2v) is 4.73. The molecule has 0 atom stereocenters. The van der Waals surface area contributed by atoms with Crippen molar-refractivity contribution in [1.29, 1.82) is 0 Å². The predicted octanol–water partition coefficient (Wildman–Crippen LogP) is 1.08. The van der Waals surface area contributed by atoms with Crippen molar-refractivity contribution in [3.8, 4) is 0 Å². The largest absolute Gasteiger partial charge is 0.384 e. The van der Waals surface area contributed by atoms with Gasteiger partial charge in [-0.25, -0.2) is 9.97 Å². The van der Waals surface area contributed by atoms with Crippen molar-refractivity contribution in [2.24, 2.45) is 0 Å². The Balaban J connectivity index is 1.80. The van der Waals surface area contributed by atoms with E-state index in [4.69, 9.17) is 5.73 Å². The van der Waals surface area contributed by atoms with Gasteiger partial charge in [-0.15, -0.1) is 0 Å². The zero-order valence-corrected chi connectivity index (χ0v) is 10.8. The van der Waals surface area contributed by atoms with E-state index in [0.29, 0.717) is 11.9 Å². The van der Waals surface area contributed by atoms with Gasteiger partial charge in [0.05, 0.1) is 0 Å². The predicted molar refractivity (Wildman–Crippen MR) is 74.5 cm³/mol. The summed E-state index contributed by atoms with van der Waals surface area (Å²) in [5.41, 5.74) is 5.61. The van der Waals surface area contributed by atoms with Gasteiger partial charge in [0.15, 0.2) is 0 Å². The fraction of sp³-hybridized carbons (Fsp3) is 0.462. The van der Waals surface area contributed by atoms with Gasteiger partial charge in [-0.2, -0.15) is 0 Å². The zero-order chi connectivity index (χ0) is 13.7. The number of rotatable bonds is 4. The lowest BCUT2D eigenvalue weighted by Crippen LogP contribution is -2.39. The summed E-state index contributed by atoms with van der Waals surface area (Å²) in [6.45, 7) is 3.45. The third kappa shape index (κ3) is 3.94. The molecule has 1 aliphatic carbocycles. The molecule has 0 aliphatic heterocycles. The first kappa shape index (κ1) is 13.3. The van der Waals surface area contributed by atoms with E-state index in [0.717, 1.165) is 31.5 Å². The molecule has 0 radical (unpaired) electrons. The Bertz CT molecular complexity index is 454. The number of nitrogens with one attached hydrogen (secondary N) is 2. The van der Waals surface area contributed by atoms with Gasteiger partial charge in [-0.3, -0.25) is 4.79 Å². The van der Waals surface area contributed by atoms with E-state index in [1.807, 2.05) is 0 Å². The van der Waals surface area contributed by atoms with Gasteiger partial charge in [0, 0.05) is 18.2 Å². The fourth-order valence-electron chi connectivity index (χ4n) is 2.30. The highest BCUT2D eigenvalue weighted by Gasteiger charge is 2.21. The van der Waals surface area contributed by atoms with E-state index in [1.54, 1.807) is 6.07 Å². The molecule has 0 saturated heterocycles. The van der Waals surface area contributed by atoms with Gasteiger partial charge in [0.25, 0.3) is 0 Å². The Hall–Kier alpha value is -2.11. The van der Waals surface area contributed by atoms with Crippen molar-refractivity contribution in [3.05, 3.63) is 25.0 Å². The molecule has 6 heteroatoms. The maximum atomic E-state index is 11.2. The normalized spacial score (nSPS) is 22.5. The summed E-state index contributed by atoms with van der Waals surface area (Å²) >= 11 is 0. The molecule has 4 N–H and O–H groups in total. The summed E-state index contributed by atoms with van der Waals surface area (Å²) in [5, 5.41) is 6.28. The lowest BCUT2D eigenvalue weighted by atomic mass is 9.91. The van der Waals surface area contributed by atoms with Crippen LogP contribution in [0.15, 0.2) is 25.0 Å². The molecule has 0 bridgehead atoms. The molecule has 1 aliphatic rings. The summed E-state index contributed by atoms with van der Waals surface area (Å²) < 4.78 is 0. The first-order valence-electron chi connectivity index (χ1n) is 6.44. The minimum atomic E-state index is -0.0972. The molecule has 1 aromatic rings. The quantitative estimate of drug-likeness (QED) is 0.705. The summed E-state index contributed by atoms with van der Waals surface area (Å²) in [6, 6.07) is 2.34. The molecule has 19 heavy (non-hydrogen) atoms. The van der Waals surface area contributed by atoms with Crippen LogP contribution in [0, 0.1) is 0 Å². The first-order chi connectivity index (χ1) is 9.17. The summed E-state index contributed by atoms with van der Waals surface area (Å²) in [7, 11) is 0. The first-order valence-corrected chi connectivity index (χ1v) is 6.44. The average molecular weight is 261 g/mol. The topological polar surface area (TPSA) is 92.9 Å². The van der Waals surface area contributed by atoms with Crippen molar-refractivity contribution < 1.29 is 4.79 Å². The van der Waals surface area contributed by atoms with Crippen LogP contribution < -0.4 is 16.4 Å². The van der Waals surface area contributed by atoms with Gasteiger partial charge in [-0.1, -0.05) is 6.58 Å². The van der Waals surface area contributed by atoms with Gasteiger partial charge in [0.1, 0.15) is 18.0 Å². The Morgan fingerprint density at radius 1 is 1.32 bits per heavy atom. The molecule has 1 amide bonds. The third-order valence-electron chi connectivity index (χ3n) is 3.30. The zero-order valence-electron chi connectivity index (χ0n) is 10.8. The Labute approximate surface area is 112 Å². The van der Waals surface area contributed by atoms with Gasteiger partial charge >= 0.3 is 0 Å². The van der Waals surface area contributed by atoms with Crippen molar-refractivity contribution in [3.63, 3.8) is 0 Å². The number of nitrogens with two attached hydrogens (primary N) is 1. The van der Waals surface area contributed by atoms with Crippen LogP contribution in [0.1, 0.15) is 25.7 Å². The number of aromatic nitrogens is 2. The Morgan fingerprint density at radius 3 is 2.63 bits per heavy atom. The average Bonchev–Trinajstić information content (AvgIpc) is 2.41. The molecule has 6 nitrogen and oxygen atoms in total. The summed E-state index contributed by atoms with van der Waals surface area (Å²) in [5.74, 6) is 1.12. The monoisotopic (exact) mass is 261 g/mol. The van der Waals surface area contributed by atoms with Crippen LogP contribution in [-0.4, -0.2) is 28.0 Å². The maximum Gasteiger partial charge on any atom is 0.243 e. The molecule has 1 saturated carbocycles. The molecule has 1 fully saturated rings. The lowest BCUT2D eigenvalue weighted by Gasteiger charge is -2.29. The van der Waals surface area contributed by atoms with E-state index in [-0.39, 0.29) is 11.9 Å². The van der Waals surface area contributed by atoms with Crippen LogP contribution in [0.25, 0.3) is 0 Å². The smallest absolute Gasteiger partial charge is 0.243 e. The van der Waals surface area contributed by atoms with E-state index < -0.39 is 0 Å². The van der Waals surface area contributed by atoms with Crippen molar-refractivity contribution >= 4 is 17.5 Å². The number of nitrogens with zero attached hydrogens (tertiary/aromatic N) is 2. The van der Waals surface area contributed by atoms with Gasteiger partial charge in [0.2, 0.25) is 5.91 Å². The molecule has 0 aromatic carbocycles. The summed E-state index contributed by atoms with van der Waals surface area (Å²) in [6.07, 6.45) is 6.66. The minimum absolute atomic E-state index is 0.0972. The maximum absolute atomic E-state index is 11.2. The molecule has 2 rings (SSSR count). The number of hydrogen-bond acceptors (Lipinski definition) is 5. The van der Waals surface area contributed by atoms with Gasteiger partial charge in [-0.05, 0) is 31.8 Å². The third-order valence-corrected chi connectivity index (χ3v) is 3.30. The van der Waals surface area contributed by atoms with Crippen LogP contribution in [0.4, 0.5) is 11.6 Å². The van der Waals surface area contributed by atoms with Crippen LogP contribution in [-0.2, 0) is 4.79 Å². The molecule has 0 spiro atoms. The number of amides is 1. The molecular weight excluding hydrogens is 242 g/mol. The van der Waals surface area contributed by atoms with Crippen LogP contribution in [0.3, 0.4) is 0 Å². The van der Waals surface area contributed by atoms with E-state index >= 15 is 0 Å². The molecule has 102 valence electrons. The van der Waals surface area contributed by atoms with E-state index in [1.165, 1.54) is 12.4 Å². The molecular formula is C13H19N5O. The fourth-order valence-corrected chi connectivity index (χ4v) is 2.30. The molecule has 0 unspecified atom stereocenters. The van der Waals surface area contributed by atoms with Gasteiger partial charge < -0.3 is 16.4 Å². The highest BCUT2D eigenvalue weighted by molar-refractivity contribution is 5.87. The van der Waals surface area contributed by atoms with Crippen molar-refractivity contribution in [2.45, 2.75) is 37.8 Å². The van der Waals surface area contributed by atoms with Crippen molar-refractivity contribution in [2.75, 3.05) is 11.1 Å². The van der Waals surface area contributed by atoms with Crippen LogP contribution in [0.2, 0.25) is 0 Å². The highest BCUT2D eigenvalue weighted by Crippen LogP contribution is 2.21. The SMILES string of the molecule is C=CC(=O)NC1CCC(Nc2cc(N)ncn2)CC1. The second-order valence-electron chi connectivity index (χ2n) is 4.73. The number of carbonyl (C=O) groups excluding carboxylic acids is 1. The highest BCUT2D eigenvalue weighted by atomic mass is 16.1. The minimum Gasteiger partial charge on any atom is -0.384 e. The number of hydrogen-bond donors (Lipinski definition) is 3. The standard InChI is InChI=1S/C13H19N5O/c1-2-13(19)18-10-5-3-9(4-6-10)17-12-7-11(14)15-8-16-12/h2,7-10H,1,3-6H2,(H,18,19)(H3,14,15,16,17). The number of carbonyl (C=O) groups is 1. The molecule has 1 aromatic heterocycles. The van der Waals surface area contributed by atoms with Crippen LogP contribution in [0.5, 0.6) is 0 Å². The number of nitrogen functional groups attached to an aromatic ring is 1. The Morgan fingerprint density at radius 2 is 2.00 bits per heavy atom. The molecule has 1 heterocycles. The second kappa shape index (κ2) is 6.17. The van der Waals surface area contributed by atoms with Crippen molar-refractivity contribution in [1.82, 2.24) is 15.3 Å². The lowest BCUT2D eigenvalue weighted by molar-refractivity contribution is -0.117. The van der Waals surface area contributed by atoms with Crippen LogP contribution >= 0.6 is 0 Å². The number of anilines is 2. The summed E-state index contributed by atoms with van der Waals surface area (Å²) in [4.78, 5) is 19.2. The Kier molecular flexibility index (Phi) is 4.33. The van der Waals surface area contributed by atoms with E-state index in [9.17, 15) is 4.79 Å².